The zero-order chi connectivity index (χ0) is 29.2. The molecule has 2 aliphatic heterocycles. The van der Waals surface area contributed by atoms with Crippen LogP contribution in [0.3, 0.4) is 0 Å². The van der Waals surface area contributed by atoms with Gasteiger partial charge in [-0.05, 0) is 64.7 Å². The molecule has 2 heterocycles. The van der Waals surface area contributed by atoms with Gasteiger partial charge in [0.05, 0.1) is 6.10 Å². The summed E-state index contributed by atoms with van der Waals surface area (Å²) in [6, 6.07) is 0. The normalized spacial score (nSPS) is 40.2. The molecule has 0 aromatic carbocycles. The first-order valence-corrected chi connectivity index (χ1v) is 15.1. The molecule has 39 heavy (non-hydrogen) atoms. The maximum atomic E-state index is 12.8. The van der Waals surface area contributed by atoms with E-state index in [4.69, 9.17) is 18.9 Å². The number of aliphatic hydroxyl groups is 1. The van der Waals surface area contributed by atoms with Crippen molar-refractivity contribution in [1.82, 2.24) is 0 Å². The summed E-state index contributed by atoms with van der Waals surface area (Å²) in [5.41, 5.74) is -3.18. The van der Waals surface area contributed by atoms with Crippen molar-refractivity contribution in [3.8, 4) is 0 Å². The molecule has 0 amide bonds. The Labute approximate surface area is 234 Å². The SMILES string of the molecule is CCCCCCC(=O)O[C@@H]1CC[C@](C)(OC(C)=O)[C@H]2O[C@@H](C[C@@]1(C)O)[C@H]1[C@@H]2[C@H](C(C)C)CC[C@]1(C)OC(C)=O. The van der Waals surface area contributed by atoms with E-state index < -0.39 is 41.1 Å². The van der Waals surface area contributed by atoms with Gasteiger partial charge in [0.25, 0.3) is 0 Å². The topological polar surface area (TPSA) is 108 Å². The lowest BCUT2D eigenvalue weighted by atomic mass is 9.57. The minimum Gasteiger partial charge on any atom is -0.459 e. The van der Waals surface area contributed by atoms with Crippen molar-refractivity contribution in [3.63, 3.8) is 0 Å². The Morgan fingerprint density at radius 2 is 1.56 bits per heavy atom. The predicted octanol–water partition coefficient (Wildman–Crippen LogP) is 5.51. The molecule has 2 bridgehead atoms. The van der Waals surface area contributed by atoms with Crippen molar-refractivity contribution >= 4 is 17.9 Å². The number of fused-ring (bicyclic) bond motifs is 5. The van der Waals surface area contributed by atoms with Crippen molar-refractivity contribution in [2.75, 3.05) is 0 Å². The highest BCUT2D eigenvalue weighted by Crippen LogP contribution is 2.58. The van der Waals surface area contributed by atoms with Crippen LogP contribution in [0, 0.1) is 23.7 Å². The number of hydrogen-bond acceptors (Lipinski definition) is 8. The smallest absolute Gasteiger partial charge is 0.306 e. The Hall–Kier alpha value is -1.67. The van der Waals surface area contributed by atoms with Crippen LogP contribution in [-0.2, 0) is 33.3 Å². The van der Waals surface area contributed by atoms with E-state index in [0.717, 1.165) is 32.1 Å². The Morgan fingerprint density at radius 1 is 0.949 bits per heavy atom. The first-order valence-electron chi connectivity index (χ1n) is 15.1. The molecule has 0 unspecified atom stereocenters. The standard InChI is InChI=1S/C31H52O8/c1-9-10-11-12-13-25(34)37-24-15-17-31(8,39-21(5)33)28-26-22(19(2)3)14-16-30(7,38-20(4)32)27(26)23(36-28)18-29(24,6)35/h19,22-24,26-28,35H,9-18H2,1-8H3/t22-,23-,24+,26-,27-,28-,29+,30-,31-/m0/s1. The maximum absolute atomic E-state index is 12.8. The van der Waals surface area contributed by atoms with E-state index in [2.05, 4.69) is 20.8 Å². The molecule has 8 heteroatoms. The van der Waals surface area contributed by atoms with E-state index in [1.165, 1.54) is 13.8 Å². The summed E-state index contributed by atoms with van der Waals surface area (Å²) in [4.78, 5) is 37.5. The first kappa shape index (κ1) is 31.9. The predicted molar refractivity (Wildman–Crippen MR) is 147 cm³/mol. The molecule has 0 radical (unpaired) electrons. The lowest BCUT2D eigenvalue weighted by Gasteiger charge is -2.51. The highest BCUT2D eigenvalue weighted by molar-refractivity contribution is 5.69. The van der Waals surface area contributed by atoms with Crippen LogP contribution in [0.2, 0.25) is 0 Å². The van der Waals surface area contributed by atoms with Gasteiger partial charge in [-0.15, -0.1) is 0 Å². The molecule has 1 N–H and O–H groups in total. The van der Waals surface area contributed by atoms with Crippen LogP contribution >= 0.6 is 0 Å². The van der Waals surface area contributed by atoms with E-state index in [9.17, 15) is 19.5 Å². The van der Waals surface area contributed by atoms with Crippen molar-refractivity contribution in [2.45, 2.75) is 155 Å². The van der Waals surface area contributed by atoms with Crippen LogP contribution in [0.25, 0.3) is 0 Å². The lowest BCUT2D eigenvalue weighted by molar-refractivity contribution is -0.185. The first-order chi connectivity index (χ1) is 18.1. The van der Waals surface area contributed by atoms with Crippen molar-refractivity contribution in [3.05, 3.63) is 0 Å². The molecule has 2 saturated heterocycles. The van der Waals surface area contributed by atoms with Gasteiger partial charge in [0, 0.05) is 38.5 Å². The Kier molecular flexibility index (Phi) is 10.2. The fraction of sp³-hybridized carbons (Fsp3) is 0.903. The molecule has 3 fully saturated rings. The van der Waals surface area contributed by atoms with Gasteiger partial charge in [-0.1, -0.05) is 40.0 Å². The van der Waals surface area contributed by atoms with Gasteiger partial charge < -0.3 is 24.1 Å². The largest absolute Gasteiger partial charge is 0.459 e. The van der Waals surface area contributed by atoms with Crippen molar-refractivity contribution in [2.24, 2.45) is 23.7 Å². The lowest BCUT2D eigenvalue weighted by Crippen LogP contribution is -2.58. The number of ether oxygens (including phenoxy) is 4. The molecular weight excluding hydrogens is 500 g/mol. The average Bonchev–Trinajstić information content (AvgIpc) is 3.19. The summed E-state index contributed by atoms with van der Waals surface area (Å²) in [6.07, 6.45) is 4.94. The molecule has 9 atom stereocenters. The minimum atomic E-state index is -1.38. The number of esters is 3. The Morgan fingerprint density at radius 3 is 2.15 bits per heavy atom. The highest BCUT2D eigenvalue weighted by Gasteiger charge is 2.65. The monoisotopic (exact) mass is 552 g/mol. The fourth-order valence-corrected chi connectivity index (χ4v) is 7.80. The average molecular weight is 553 g/mol. The van der Waals surface area contributed by atoms with Crippen molar-refractivity contribution in [1.29, 1.82) is 0 Å². The summed E-state index contributed by atoms with van der Waals surface area (Å²) in [5.74, 6) is -0.714. The van der Waals surface area contributed by atoms with Crippen LogP contribution < -0.4 is 0 Å². The van der Waals surface area contributed by atoms with Crippen LogP contribution in [0.1, 0.15) is 120 Å². The second-order valence-corrected chi connectivity index (χ2v) is 13.3. The van der Waals surface area contributed by atoms with E-state index in [0.29, 0.717) is 31.6 Å². The van der Waals surface area contributed by atoms with Crippen LogP contribution in [0.5, 0.6) is 0 Å². The number of hydrogen-bond donors (Lipinski definition) is 1. The molecule has 1 aliphatic carbocycles. The molecule has 0 aromatic rings. The second-order valence-electron chi connectivity index (χ2n) is 13.3. The summed E-state index contributed by atoms with van der Waals surface area (Å²) >= 11 is 0. The van der Waals surface area contributed by atoms with E-state index >= 15 is 0 Å². The molecule has 1 saturated carbocycles. The van der Waals surface area contributed by atoms with E-state index in [1.807, 2.05) is 13.8 Å². The van der Waals surface area contributed by atoms with Gasteiger partial charge in [0.1, 0.15) is 29.0 Å². The quantitative estimate of drug-likeness (QED) is 0.227. The molecular formula is C31H52O8. The number of unbranched alkanes of at least 4 members (excludes halogenated alkanes) is 3. The van der Waals surface area contributed by atoms with Gasteiger partial charge in [-0.3, -0.25) is 14.4 Å². The molecule has 3 rings (SSSR count). The van der Waals surface area contributed by atoms with Gasteiger partial charge in [0.2, 0.25) is 0 Å². The van der Waals surface area contributed by atoms with E-state index in [1.54, 1.807) is 6.92 Å². The summed E-state index contributed by atoms with van der Waals surface area (Å²) < 4.78 is 24.8. The Bertz CT molecular complexity index is 884. The zero-order valence-electron chi connectivity index (χ0n) is 25.4. The number of carbonyl (C=O) groups excluding carboxylic acids is 3. The summed E-state index contributed by atoms with van der Waals surface area (Å²) in [6.45, 7) is 14.9. The summed E-state index contributed by atoms with van der Waals surface area (Å²) in [5, 5.41) is 11.8. The van der Waals surface area contributed by atoms with Crippen LogP contribution in [-0.4, -0.2) is 58.1 Å². The molecule has 0 aromatic heterocycles. The van der Waals surface area contributed by atoms with Crippen LogP contribution in [0.15, 0.2) is 0 Å². The van der Waals surface area contributed by atoms with Crippen molar-refractivity contribution < 1.29 is 38.4 Å². The molecule has 224 valence electrons. The molecule has 8 nitrogen and oxygen atoms in total. The highest BCUT2D eigenvalue weighted by atomic mass is 16.6. The number of rotatable bonds is 9. The third kappa shape index (κ3) is 7.16. The van der Waals surface area contributed by atoms with Gasteiger partial charge >= 0.3 is 17.9 Å². The fourth-order valence-electron chi connectivity index (χ4n) is 7.80. The zero-order valence-corrected chi connectivity index (χ0v) is 25.4. The van der Waals surface area contributed by atoms with E-state index in [-0.39, 0.29) is 36.1 Å². The summed E-state index contributed by atoms with van der Waals surface area (Å²) in [7, 11) is 0. The maximum Gasteiger partial charge on any atom is 0.306 e. The minimum absolute atomic E-state index is 0.0362. The third-order valence-electron chi connectivity index (χ3n) is 9.59. The van der Waals surface area contributed by atoms with Crippen LogP contribution in [0.4, 0.5) is 0 Å². The van der Waals surface area contributed by atoms with Gasteiger partial charge in [0.15, 0.2) is 0 Å². The molecule has 3 aliphatic rings. The molecule has 0 spiro atoms. The van der Waals surface area contributed by atoms with Gasteiger partial charge in [-0.25, -0.2) is 0 Å². The van der Waals surface area contributed by atoms with Gasteiger partial charge in [-0.2, -0.15) is 0 Å². The number of carbonyl (C=O) groups is 3. The third-order valence-corrected chi connectivity index (χ3v) is 9.59. The second kappa shape index (κ2) is 12.5. The Balaban J connectivity index is 2.01.